The SMILES string of the molecule is O=C1NC(=O)C2(C3CCNc4c3ccn4-c3ccccc3)CC1C2. The molecule has 1 saturated carbocycles. The van der Waals surface area contributed by atoms with E-state index in [1.54, 1.807) is 0 Å². The number of fused-ring (bicyclic) bond motifs is 3. The standard InChI is InChI=1S/C19H19N3O2/c23-17-12-10-19(11-12,18(24)21-17)15-6-8-20-16-14(15)7-9-22(16)13-4-2-1-3-5-13/h1-5,7,9,12,15,20H,6,8,10-11H2,(H,21,23,24). The van der Waals surface area contributed by atoms with Crippen LogP contribution in [0.15, 0.2) is 42.6 Å². The number of imide groups is 1. The molecule has 1 aliphatic carbocycles. The predicted octanol–water partition coefficient (Wildman–Crippen LogP) is 2.43. The summed E-state index contributed by atoms with van der Waals surface area (Å²) < 4.78 is 2.15. The van der Waals surface area contributed by atoms with Crippen LogP contribution < -0.4 is 10.6 Å². The summed E-state index contributed by atoms with van der Waals surface area (Å²) in [4.78, 5) is 24.3. The van der Waals surface area contributed by atoms with Gasteiger partial charge in [0, 0.05) is 30.3 Å². The molecule has 6 rings (SSSR count). The van der Waals surface area contributed by atoms with E-state index in [1.807, 2.05) is 18.2 Å². The lowest BCUT2D eigenvalue weighted by Gasteiger charge is -2.54. The van der Waals surface area contributed by atoms with Crippen molar-refractivity contribution in [1.29, 1.82) is 0 Å². The zero-order valence-corrected chi connectivity index (χ0v) is 13.3. The Morgan fingerprint density at radius 2 is 1.88 bits per heavy atom. The summed E-state index contributed by atoms with van der Waals surface area (Å²) in [5, 5.41) is 6.08. The van der Waals surface area contributed by atoms with Gasteiger partial charge in [-0.15, -0.1) is 0 Å². The minimum atomic E-state index is -0.391. The van der Waals surface area contributed by atoms with Crippen LogP contribution in [0, 0.1) is 11.3 Å². The first-order valence-electron chi connectivity index (χ1n) is 8.55. The molecule has 2 amide bonds. The molecule has 1 atom stereocenters. The number of anilines is 1. The quantitative estimate of drug-likeness (QED) is 0.835. The van der Waals surface area contributed by atoms with Crippen molar-refractivity contribution in [3.63, 3.8) is 0 Å². The van der Waals surface area contributed by atoms with Crippen molar-refractivity contribution in [2.24, 2.45) is 11.3 Å². The van der Waals surface area contributed by atoms with Gasteiger partial charge in [0.1, 0.15) is 5.82 Å². The largest absolute Gasteiger partial charge is 0.371 e. The van der Waals surface area contributed by atoms with Crippen molar-refractivity contribution in [2.75, 3.05) is 11.9 Å². The average molecular weight is 321 g/mol. The molecule has 5 heteroatoms. The number of aromatic nitrogens is 1. The molecule has 24 heavy (non-hydrogen) atoms. The van der Waals surface area contributed by atoms with Gasteiger partial charge in [-0.2, -0.15) is 0 Å². The first kappa shape index (κ1) is 13.8. The third kappa shape index (κ3) is 1.70. The molecular weight excluding hydrogens is 302 g/mol. The van der Waals surface area contributed by atoms with Gasteiger partial charge in [0.25, 0.3) is 0 Å². The molecule has 2 saturated heterocycles. The summed E-state index contributed by atoms with van der Waals surface area (Å²) in [6.45, 7) is 0.849. The normalized spacial score (nSPS) is 30.8. The molecule has 4 aliphatic rings. The average Bonchev–Trinajstić information content (AvgIpc) is 2.98. The Hall–Kier alpha value is -2.56. The van der Waals surface area contributed by atoms with Gasteiger partial charge in [-0.25, -0.2) is 0 Å². The van der Waals surface area contributed by atoms with Gasteiger partial charge in [-0.3, -0.25) is 14.9 Å². The van der Waals surface area contributed by atoms with Crippen molar-refractivity contribution in [2.45, 2.75) is 25.2 Å². The lowest BCUT2D eigenvalue weighted by atomic mass is 9.51. The minimum Gasteiger partial charge on any atom is -0.371 e. The fourth-order valence-corrected chi connectivity index (χ4v) is 4.76. The second-order valence-corrected chi connectivity index (χ2v) is 7.17. The van der Waals surface area contributed by atoms with Gasteiger partial charge in [0.05, 0.1) is 5.41 Å². The molecule has 2 bridgehead atoms. The van der Waals surface area contributed by atoms with Gasteiger partial charge in [-0.05, 0) is 43.0 Å². The Balaban J connectivity index is 1.56. The van der Waals surface area contributed by atoms with Crippen LogP contribution in [0.4, 0.5) is 5.82 Å². The van der Waals surface area contributed by atoms with Crippen LogP contribution in [-0.2, 0) is 9.59 Å². The third-order valence-electron chi connectivity index (χ3n) is 6.00. The van der Waals surface area contributed by atoms with Gasteiger partial charge >= 0.3 is 0 Å². The Morgan fingerprint density at radius 3 is 2.62 bits per heavy atom. The number of para-hydroxylation sites is 1. The molecule has 4 heterocycles. The Labute approximate surface area is 140 Å². The van der Waals surface area contributed by atoms with Crippen LogP contribution in [0.25, 0.3) is 5.69 Å². The highest BCUT2D eigenvalue weighted by atomic mass is 16.2. The number of rotatable bonds is 2. The molecule has 1 unspecified atom stereocenters. The zero-order valence-electron chi connectivity index (χ0n) is 13.3. The van der Waals surface area contributed by atoms with E-state index in [0.717, 1.165) is 24.5 Å². The highest BCUT2D eigenvalue weighted by Gasteiger charge is 2.61. The van der Waals surface area contributed by atoms with Crippen LogP contribution in [0.3, 0.4) is 0 Å². The lowest BCUT2D eigenvalue weighted by Crippen LogP contribution is -2.64. The molecule has 0 radical (unpaired) electrons. The van der Waals surface area contributed by atoms with Crippen LogP contribution >= 0.6 is 0 Å². The highest BCUT2D eigenvalue weighted by molar-refractivity contribution is 6.05. The second-order valence-electron chi connectivity index (χ2n) is 7.17. The molecule has 0 spiro atoms. The van der Waals surface area contributed by atoms with Crippen LogP contribution in [0.2, 0.25) is 0 Å². The molecule has 1 aromatic carbocycles. The summed E-state index contributed by atoms with van der Waals surface area (Å²) in [5.41, 5.74) is 1.92. The number of benzene rings is 1. The molecule has 2 N–H and O–H groups in total. The van der Waals surface area contributed by atoms with E-state index in [2.05, 4.69) is 39.6 Å². The predicted molar refractivity (Wildman–Crippen MR) is 89.9 cm³/mol. The maximum atomic E-state index is 12.6. The number of nitrogens with zero attached hydrogens (tertiary/aromatic N) is 1. The number of carbonyl (C=O) groups excluding carboxylic acids is 2. The monoisotopic (exact) mass is 321 g/mol. The second kappa shape index (κ2) is 4.72. The number of hydrogen-bond donors (Lipinski definition) is 2. The van der Waals surface area contributed by atoms with E-state index >= 15 is 0 Å². The van der Waals surface area contributed by atoms with Crippen molar-refractivity contribution in [1.82, 2.24) is 9.88 Å². The molecule has 122 valence electrons. The topological polar surface area (TPSA) is 63.1 Å². The van der Waals surface area contributed by atoms with Gasteiger partial charge in [-0.1, -0.05) is 18.2 Å². The van der Waals surface area contributed by atoms with Gasteiger partial charge in [0.2, 0.25) is 11.8 Å². The summed E-state index contributed by atoms with van der Waals surface area (Å²) in [6.07, 6.45) is 4.42. The fraction of sp³-hybridized carbons (Fsp3) is 0.368. The van der Waals surface area contributed by atoms with Crippen molar-refractivity contribution in [3.05, 3.63) is 48.2 Å². The van der Waals surface area contributed by atoms with E-state index in [4.69, 9.17) is 0 Å². The molecule has 1 aromatic heterocycles. The molecular formula is C19H19N3O2. The number of hydrogen-bond acceptors (Lipinski definition) is 3. The summed E-state index contributed by atoms with van der Waals surface area (Å²) >= 11 is 0. The van der Waals surface area contributed by atoms with Gasteiger partial charge in [0.15, 0.2) is 0 Å². The lowest BCUT2D eigenvalue weighted by molar-refractivity contribution is -0.161. The first-order chi connectivity index (χ1) is 11.7. The molecule has 3 fully saturated rings. The van der Waals surface area contributed by atoms with E-state index in [-0.39, 0.29) is 23.7 Å². The zero-order chi connectivity index (χ0) is 16.3. The van der Waals surface area contributed by atoms with Crippen molar-refractivity contribution in [3.8, 4) is 5.69 Å². The summed E-state index contributed by atoms with van der Waals surface area (Å²) in [6, 6.07) is 12.3. The molecule has 3 aliphatic heterocycles. The van der Waals surface area contributed by atoms with Crippen molar-refractivity contribution >= 4 is 17.6 Å². The fourth-order valence-electron chi connectivity index (χ4n) is 4.76. The maximum Gasteiger partial charge on any atom is 0.233 e. The summed E-state index contributed by atoms with van der Waals surface area (Å²) in [5.74, 6) is 1.14. The Morgan fingerprint density at radius 1 is 1.08 bits per heavy atom. The van der Waals surface area contributed by atoms with Crippen LogP contribution in [0.5, 0.6) is 0 Å². The van der Waals surface area contributed by atoms with E-state index in [9.17, 15) is 9.59 Å². The smallest absolute Gasteiger partial charge is 0.233 e. The maximum absolute atomic E-state index is 12.6. The molecule has 5 nitrogen and oxygen atoms in total. The molecule has 2 aromatic rings. The van der Waals surface area contributed by atoms with Crippen LogP contribution in [-0.4, -0.2) is 22.9 Å². The number of piperidine rings is 2. The Bertz CT molecular complexity index is 834. The van der Waals surface area contributed by atoms with E-state index < -0.39 is 5.41 Å². The number of carbonyl (C=O) groups is 2. The Kier molecular flexibility index (Phi) is 2.72. The summed E-state index contributed by atoms with van der Waals surface area (Å²) in [7, 11) is 0. The highest BCUT2D eigenvalue weighted by Crippen LogP contribution is 2.60. The van der Waals surface area contributed by atoms with Crippen LogP contribution in [0.1, 0.15) is 30.7 Å². The van der Waals surface area contributed by atoms with Crippen molar-refractivity contribution < 1.29 is 9.59 Å². The van der Waals surface area contributed by atoms with E-state index in [1.165, 1.54) is 5.56 Å². The van der Waals surface area contributed by atoms with Gasteiger partial charge < -0.3 is 9.88 Å². The minimum absolute atomic E-state index is 0.0252. The number of nitrogens with one attached hydrogen (secondary N) is 2. The first-order valence-corrected chi connectivity index (χ1v) is 8.55. The number of amides is 2. The van der Waals surface area contributed by atoms with E-state index in [0.29, 0.717) is 12.8 Å². The third-order valence-corrected chi connectivity index (χ3v) is 6.00.